The molecule has 1 aliphatic carbocycles. The molecular formula is C13H13FO2. The van der Waals surface area contributed by atoms with Crippen LogP contribution >= 0.6 is 0 Å². The maximum absolute atomic E-state index is 13.1. The Kier molecular flexibility index (Phi) is 2.86. The standard InChI is InChI=1S/C13H13FO2/c1-8-4-9(2-3-13(8)14)10-5-11(15)7-12(16)6-10/h2-4,10H,5-7H2,1H3. The number of ketones is 2. The Morgan fingerprint density at radius 3 is 2.38 bits per heavy atom. The molecule has 0 radical (unpaired) electrons. The van der Waals surface area contributed by atoms with Crippen LogP contribution in [0.15, 0.2) is 18.2 Å². The Bertz CT molecular complexity index is 435. The summed E-state index contributed by atoms with van der Waals surface area (Å²) in [6, 6.07) is 4.79. The molecule has 1 saturated carbocycles. The minimum atomic E-state index is -0.253. The predicted octanol–water partition coefficient (Wildman–Crippen LogP) is 2.54. The summed E-state index contributed by atoms with van der Waals surface area (Å²) in [5.74, 6) is -0.336. The summed E-state index contributed by atoms with van der Waals surface area (Å²) in [7, 11) is 0. The number of hydrogen-bond donors (Lipinski definition) is 0. The monoisotopic (exact) mass is 220 g/mol. The van der Waals surface area contributed by atoms with E-state index < -0.39 is 0 Å². The average molecular weight is 220 g/mol. The summed E-state index contributed by atoms with van der Waals surface area (Å²) in [4.78, 5) is 22.6. The summed E-state index contributed by atoms with van der Waals surface area (Å²) in [5, 5.41) is 0. The Hall–Kier alpha value is -1.51. The van der Waals surface area contributed by atoms with Gasteiger partial charge in [0.2, 0.25) is 0 Å². The van der Waals surface area contributed by atoms with Crippen molar-refractivity contribution in [2.24, 2.45) is 0 Å². The fourth-order valence-corrected chi connectivity index (χ4v) is 2.14. The van der Waals surface area contributed by atoms with Gasteiger partial charge in [-0.2, -0.15) is 0 Å². The van der Waals surface area contributed by atoms with Gasteiger partial charge in [0.25, 0.3) is 0 Å². The van der Waals surface area contributed by atoms with Crippen LogP contribution in [0.2, 0.25) is 0 Å². The lowest BCUT2D eigenvalue weighted by Crippen LogP contribution is -2.21. The third-order valence-corrected chi connectivity index (χ3v) is 3.00. The van der Waals surface area contributed by atoms with Crippen LogP contribution in [0.4, 0.5) is 4.39 Å². The van der Waals surface area contributed by atoms with Crippen molar-refractivity contribution in [2.75, 3.05) is 0 Å². The van der Waals surface area contributed by atoms with Gasteiger partial charge in [-0.1, -0.05) is 12.1 Å². The minimum Gasteiger partial charge on any atom is -0.299 e. The van der Waals surface area contributed by atoms with E-state index in [1.165, 1.54) is 6.07 Å². The molecule has 0 amide bonds. The van der Waals surface area contributed by atoms with Crippen molar-refractivity contribution in [1.82, 2.24) is 0 Å². The van der Waals surface area contributed by atoms with E-state index in [2.05, 4.69) is 0 Å². The summed E-state index contributed by atoms with van der Waals surface area (Å²) in [6.07, 6.45) is 0.865. The fraction of sp³-hybridized carbons (Fsp3) is 0.385. The van der Waals surface area contributed by atoms with Crippen molar-refractivity contribution < 1.29 is 14.0 Å². The van der Waals surface area contributed by atoms with Crippen molar-refractivity contribution in [3.63, 3.8) is 0 Å². The minimum absolute atomic E-state index is 0.0109. The van der Waals surface area contributed by atoms with Crippen LogP contribution in [0.1, 0.15) is 36.3 Å². The number of carbonyl (C=O) groups excluding carboxylic acids is 2. The Morgan fingerprint density at radius 2 is 1.81 bits per heavy atom. The first kappa shape index (κ1) is 11.0. The van der Waals surface area contributed by atoms with E-state index in [-0.39, 0.29) is 29.7 Å². The van der Waals surface area contributed by atoms with Gasteiger partial charge in [-0.25, -0.2) is 4.39 Å². The van der Waals surface area contributed by atoms with Gasteiger partial charge in [-0.15, -0.1) is 0 Å². The number of benzene rings is 1. The van der Waals surface area contributed by atoms with Gasteiger partial charge in [0.1, 0.15) is 17.4 Å². The molecule has 0 saturated heterocycles. The fourth-order valence-electron chi connectivity index (χ4n) is 2.14. The molecule has 0 bridgehead atoms. The van der Waals surface area contributed by atoms with Crippen molar-refractivity contribution in [1.29, 1.82) is 0 Å². The second kappa shape index (κ2) is 4.16. The lowest BCUT2D eigenvalue weighted by Gasteiger charge is -2.20. The second-order valence-electron chi connectivity index (χ2n) is 4.37. The van der Waals surface area contributed by atoms with Crippen molar-refractivity contribution >= 4 is 11.6 Å². The number of carbonyl (C=O) groups is 2. The summed E-state index contributed by atoms with van der Waals surface area (Å²) in [6.45, 7) is 1.69. The number of hydrogen-bond acceptors (Lipinski definition) is 2. The molecule has 0 aromatic heterocycles. The molecule has 1 aliphatic rings. The molecule has 2 rings (SSSR count). The zero-order valence-electron chi connectivity index (χ0n) is 9.13. The summed E-state index contributed by atoms with van der Waals surface area (Å²) in [5.41, 5.74) is 1.45. The van der Waals surface area contributed by atoms with Crippen LogP contribution in [-0.2, 0) is 9.59 Å². The molecule has 0 heterocycles. The van der Waals surface area contributed by atoms with Crippen LogP contribution in [0.3, 0.4) is 0 Å². The van der Waals surface area contributed by atoms with Gasteiger partial charge in [-0.05, 0) is 30.0 Å². The highest BCUT2D eigenvalue weighted by Crippen LogP contribution is 2.30. The topological polar surface area (TPSA) is 34.1 Å². The van der Waals surface area contributed by atoms with Gasteiger partial charge in [-0.3, -0.25) is 9.59 Å². The molecule has 0 aliphatic heterocycles. The normalized spacial score (nSPS) is 17.9. The molecule has 16 heavy (non-hydrogen) atoms. The molecule has 0 spiro atoms. The van der Waals surface area contributed by atoms with E-state index in [4.69, 9.17) is 0 Å². The van der Waals surface area contributed by atoms with Crippen molar-refractivity contribution in [3.05, 3.63) is 35.1 Å². The van der Waals surface area contributed by atoms with Crippen molar-refractivity contribution in [2.45, 2.75) is 32.1 Å². The third-order valence-electron chi connectivity index (χ3n) is 3.00. The maximum Gasteiger partial charge on any atom is 0.140 e. The molecule has 3 heteroatoms. The molecule has 0 unspecified atom stereocenters. The Balaban J connectivity index is 2.26. The Morgan fingerprint density at radius 1 is 1.19 bits per heavy atom. The highest BCUT2D eigenvalue weighted by Gasteiger charge is 2.26. The first-order valence-electron chi connectivity index (χ1n) is 5.35. The number of aryl methyl sites for hydroxylation is 1. The molecule has 84 valence electrons. The number of rotatable bonds is 1. The van der Waals surface area contributed by atoms with E-state index in [1.54, 1.807) is 19.1 Å². The van der Waals surface area contributed by atoms with E-state index >= 15 is 0 Å². The summed E-state index contributed by atoms with van der Waals surface area (Å²) < 4.78 is 13.1. The molecule has 0 atom stereocenters. The SMILES string of the molecule is Cc1cc(C2CC(=O)CC(=O)C2)ccc1F. The first-order chi connectivity index (χ1) is 7.56. The molecule has 0 N–H and O–H groups in total. The van der Waals surface area contributed by atoms with Crippen LogP contribution in [0, 0.1) is 12.7 Å². The van der Waals surface area contributed by atoms with Gasteiger partial charge >= 0.3 is 0 Å². The maximum atomic E-state index is 13.1. The lowest BCUT2D eigenvalue weighted by atomic mass is 9.82. The number of Topliss-reactive ketones (excluding diaryl/α,β-unsaturated/α-hetero) is 2. The first-order valence-corrected chi connectivity index (χ1v) is 5.35. The zero-order chi connectivity index (χ0) is 11.7. The number of halogens is 1. The Labute approximate surface area is 93.5 Å². The average Bonchev–Trinajstić information content (AvgIpc) is 2.20. The van der Waals surface area contributed by atoms with Crippen LogP contribution in [0.5, 0.6) is 0 Å². The molecule has 1 fully saturated rings. The van der Waals surface area contributed by atoms with Gasteiger partial charge < -0.3 is 0 Å². The zero-order valence-corrected chi connectivity index (χ0v) is 9.13. The second-order valence-corrected chi connectivity index (χ2v) is 4.37. The van der Waals surface area contributed by atoms with Crippen LogP contribution < -0.4 is 0 Å². The molecule has 1 aromatic rings. The highest BCUT2D eigenvalue weighted by atomic mass is 19.1. The van der Waals surface area contributed by atoms with Crippen LogP contribution in [-0.4, -0.2) is 11.6 Å². The van der Waals surface area contributed by atoms with E-state index in [0.29, 0.717) is 18.4 Å². The van der Waals surface area contributed by atoms with Gasteiger partial charge in [0.15, 0.2) is 0 Å². The van der Waals surface area contributed by atoms with Gasteiger partial charge in [0, 0.05) is 12.8 Å². The van der Waals surface area contributed by atoms with Gasteiger partial charge in [0.05, 0.1) is 6.42 Å². The highest BCUT2D eigenvalue weighted by molar-refractivity contribution is 6.02. The molecular weight excluding hydrogens is 207 g/mol. The predicted molar refractivity (Wildman–Crippen MR) is 57.7 cm³/mol. The van der Waals surface area contributed by atoms with E-state index in [0.717, 1.165) is 5.56 Å². The third kappa shape index (κ3) is 2.18. The molecule has 2 nitrogen and oxygen atoms in total. The lowest BCUT2D eigenvalue weighted by molar-refractivity contribution is -0.130. The quantitative estimate of drug-likeness (QED) is 0.681. The van der Waals surface area contributed by atoms with Crippen molar-refractivity contribution in [3.8, 4) is 0 Å². The summed E-state index contributed by atoms with van der Waals surface area (Å²) >= 11 is 0. The largest absolute Gasteiger partial charge is 0.299 e. The smallest absolute Gasteiger partial charge is 0.140 e. The molecule has 1 aromatic carbocycles. The van der Waals surface area contributed by atoms with Crippen LogP contribution in [0.25, 0.3) is 0 Å². The van der Waals surface area contributed by atoms with E-state index in [1.807, 2.05) is 0 Å². The van der Waals surface area contributed by atoms with E-state index in [9.17, 15) is 14.0 Å².